The van der Waals surface area contributed by atoms with E-state index >= 15 is 0 Å². The summed E-state index contributed by atoms with van der Waals surface area (Å²) < 4.78 is 50.6. The zero-order chi connectivity index (χ0) is 38.0. The van der Waals surface area contributed by atoms with Crippen LogP contribution in [0.3, 0.4) is 0 Å². The number of hydrogen-bond donors (Lipinski definition) is 1. The van der Waals surface area contributed by atoms with E-state index in [9.17, 15) is 0 Å². The van der Waals surface area contributed by atoms with Gasteiger partial charge in [0.05, 0.1) is 2.74 Å². The molecule has 5 aliphatic rings. The summed E-state index contributed by atoms with van der Waals surface area (Å²) in [5.41, 5.74) is 7.54. The van der Waals surface area contributed by atoms with Gasteiger partial charge in [-0.3, -0.25) is 4.99 Å². The van der Waals surface area contributed by atoms with Crippen LogP contribution in [-0.4, -0.2) is 21.7 Å². The van der Waals surface area contributed by atoms with Crippen LogP contribution < -0.4 is 0 Å². The number of aryl methyl sites for hydroxylation is 2. The number of thiol groups is 1. The largest absolute Gasteiger partial charge is 3.00 e. The van der Waals surface area contributed by atoms with Crippen molar-refractivity contribution in [1.29, 1.82) is 0 Å². The third-order valence-corrected chi connectivity index (χ3v) is 9.64. The van der Waals surface area contributed by atoms with Crippen molar-refractivity contribution < 1.29 is 29.7 Å². The van der Waals surface area contributed by atoms with Gasteiger partial charge in [0.1, 0.15) is 0 Å². The van der Waals surface area contributed by atoms with Crippen LogP contribution in [0.1, 0.15) is 82.7 Å². The molecule has 244 valence electrons. The summed E-state index contributed by atoms with van der Waals surface area (Å²) in [5.74, 6) is 0.646. The molecule has 0 spiro atoms. The summed E-state index contributed by atoms with van der Waals surface area (Å²) in [6, 6.07) is 18.6. The summed E-state index contributed by atoms with van der Waals surface area (Å²) in [4.78, 5) is 9.49. The quantitative estimate of drug-likeness (QED) is 0.205. The Labute approximate surface area is 316 Å². The fourth-order valence-electron chi connectivity index (χ4n) is 5.68. The minimum Gasteiger partial charge on any atom is -0.304 e. The van der Waals surface area contributed by atoms with Crippen LogP contribution in [-0.2, 0) is 20.1 Å². The summed E-state index contributed by atoms with van der Waals surface area (Å²) in [6.07, 6.45) is 26.6. The zero-order valence-electron chi connectivity index (χ0n) is 33.5. The molecule has 47 heavy (non-hydrogen) atoms. The van der Waals surface area contributed by atoms with E-state index in [2.05, 4.69) is 90.6 Å². The fraction of sp³-hybridized carbons (Fsp3) is 0.286. The Morgan fingerprint density at radius 1 is 1.04 bits per heavy atom. The van der Waals surface area contributed by atoms with Gasteiger partial charge >= 0.3 is 20.1 Å². The number of rotatable bonds is 2. The summed E-state index contributed by atoms with van der Waals surface area (Å²) in [7, 11) is 0. The smallest absolute Gasteiger partial charge is 0.304 e. The Morgan fingerprint density at radius 3 is 2.60 bits per heavy atom. The van der Waals surface area contributed by atoms with Crippen molar-refractivity contribution in [1.82, 2.24) is 4.98 Å². The first-order chi connectivity index (χ1) is 25.4. The Kier molecular flexibility index (Phi) is 11.8. The van der Waals surface area contributed by atoms with Gasteiger partial charge in [0, 0.05) is 30.3 Å². The molecule has 8 rings (SSSR count). The van der Waals surface area contributed by atoms with Gasteiger partial charge in [-0.05, 0) is 71.9 Å². The van der Waals surface area contributed by atoms with Gasteiger partial charge in [0.15, 0.2) is 0 Å². The molecule has 1 aromatic heterocycles. The maximum Gasteiger partial charge on any atom is 3.00 e. The van der Waals surface area contributed by atoms with E-state index in [0.29, 0.717) is 22.0 Å². The molecule has 1 saturated carbocycles. The van der Waals surface area contributed by atoms with Gasteiger partial charge < -0.3 is 4.98 Å². The molecule has 0 bridgehead atoms. The second-order valence-electron chi connectivity index (χ2n) is 11.3. The number of benzene rings is 2. The third kappa shape index (κ3) is 11.3. The van der Waals surface area contributed by atoms with Crippen LogP contribution in [0.25, 0.3) is 16.8 Å². The Morgan fingerprint density at radius 2 is 1.89 bits per heavy atom. The molecule has 3 aliphatic carbocycles. The van der Waals surface area contributed by atoms with E-state index in [1.165, 1.54) is 65.5 Å². The molecule has 3 aromatic rings. The summed E-state index contributed by atoms with van der Waals surface area (Å²) in [6.45, 7) is 0.0646. The standard InChI is InChI=1S/C19H22N.C12H9S.C6H7S.C5H7N.Ir/c1-14-8-10-17(11-9-14)19-12-15(2)18(13-20-19)16-6-4-3-5-7-16;1-3-7-11-9(5-1)10-6-2-4-8-12(10)13-11;7-6-4-2-1-3-5-6;1-2-4-6-5-3-1;/h8-10,12-13,16H,3-7H2,1-2H3;1-8,11H;1-7H;2,4-5H,1,3H2;/q3*-1;;+3/i1D3;;;1D,2D,3D,4D;. The van der Waals surface area contributed by atoms with E-state index < -0.39 is 19.6 Å². The van der Waals surface area contributed by atoms with Gasteiger partial charge in [-0.15, -0.1) is 65.4 Å². The SMILES string of the molecule is C1=C[CH-]C2Sc3ccccc3C2=C1.SC1C=CC=C[CH-]1.[2H]C([2H])([2H])c1c[c-]c(-c2cc(C)c(C3CCCCC3)cn2)cc1.[2H]C1=C([2H])C([2H])C([2H])C=N1.[Ir+3]. The Hall–Kier alpha value is -2.95. The molecule has 0 radical (unpaired) electrons. The van der Waals surface area contributed by atoms with E-state index in [1.54, 1.807) is 18.2 Å². The first kappa shape index (κ1) is 27.9. The van der Waals surface area contributed by atoms with E-state index in [4.69, 9.17) is 9.60 Å². The number of nitrogens with zero attached hydrogens (tertiary/aromatic N) is 2. The number of aliphatic imine (C=N–C) groups is 1. The molecule has 2 aliphatic heterocycles. The molecule has 2 nitrogen and oxygen atoms in total. The van der Waals surface area contributed by atoms with Gasteiger partial charge in [-0.25, -0.2) is 37.1 Å². The summed E-state index contributed by atoms with van der Waals surface area (Å²) >= 11 is 6.11. The molecule has 4 atom stereocenters. The first-order valence-electron chi connectivity index (χ1n) is 19.5. The first-order valence-corrected chi connectivity index (χ1v) is 17.2. The molecule has 2 aromatic carbocycles. The maximum atomic E-state index is 7.42. The number of pyridine rings is 1. The topological polar surface area (TPSA) is 25.2 Å². The van der Waals surface area contributed by atoms with Crippen molar-refractivity contribution in [2.45, 2.75) is 80.0 Å². The van der Waals surface area contributed by atoms with Crippen molar-refractivity contribution in [3.63, 3.8) is 0 Å². The van der Waals surface area contributed by atoms with E-state index in [-0.39, 0.29) is 32.3 Å². The van der Waals surface area contributed by atoms with Gasteiger partial charge in [0.2, 0.25) is 0 Å². The maximum absolute atomic E-state index is 7.42. The zero-order valence-corrected chi connectivity index (χ0v) is 30.6. The minimum atomic E-state index is -2.08. The predicted octanol–water partition coefficient (Wildman–Crippen LogP) is 11.5. The molecular formula is C42H45IrN2S2. The van der Waals surface area contributed by atoms with Gasteiger partial charge in [-0.2, -0.15) is 12.6 Å². The number of allylic oxidation sites excluding steroid dienone is 7. The number of hydrogen-bond acceptors (Lipinski definition) is 4. The second kappa shape index (κ2) is 19.8. The molecule has 0 amide bonds. The van der Waals surface area contributed by atoms with Crippen molar-refractivity contribution in [2.24, 2.45) is 4.99 Å². The van der Waals surface area contributed by atoms with Crippen molar-refractivity contribution >= 4 is 36.2 Å². The molecule has 4 unspecified atom stereocenters. The van der Waals surface area contributed by atoms with Crippen molar-refractivity contribution in [3.8, 4) is 11.3 Å². The van der Waals surface area contributed by atoms with Crippen LogP contribution in [0.4, 0.5) is 0 Å². The Balaban J connectivity index is 0.000000177. The average Bonchev–Trinajstić information content (AvgIpc) is 3.56. The van der Waals surface area contributed by atoms with Crippen LogP contribution >= 0.6 is 24.4 Å². The minimum absolute atomic E-state index is 0. The fourth-order valence-corrected chi connectivity index (χ4v) is 7.13. The number of aromatic nitrogens is 1. The average molecular weight is 841 g/mol. The van der Waals surface area contributed by atoms with Gasteiger partial charge in [-0.1, -0.05) is 67.6 Å². The normalized spacial score (nSPS) is 25.7. The van der Waals surface area contributed by atoms with Crippen LogP contribution in [0.15, 0.2) is 119 Å². The van der Waals surface area contributed by atoms with Gasteiger partial charge in [0.25, 0.3) is 0 Å². The predicted molar refractivity (Wildman–Crippen MR) is 204 cm³/mol. The third-order valence-electron chi connectivity index (χ3n) is 8.02. The monoisotopic (exact) mass is 841 g/mol. The van der Waals surface area contributed by atoms with Crippen LogP contribution in [0.5, 0.6) is 0 Å². The number of fused-ring (bicyclic) bond motifs is 3. The van der Waals surface area contributed by atoms with Crippen LogP contribution in [0, 0.1) is 32.7 Å². The molecule has 1 fully saturated rings. The molecule has 3 heterocycles. The van der Waals surface area contributed by atoms with Crippen LogP contribution in [0.2, 0.25) is 0 Å². The molecule has 0 N–H and O–H groups in total. The molecule has 0 saturated heterocycles. The van der Waals surface area contributed by atoms with Crippen molar-refractivity contribution in [3.05, 3.63) is 151 Å². The molecular weight excluding hydrogens is 789 g/mol. The molecule has 5 heteroatoms. The summed E-state index contributed by atoms with van der Waals surface area (Å²) in [5, 5.41) is 0.896. The second-order valence-corrected chi connectivity index (χ2v) is 13.1. The Bertz CT molecular complexity index is 1880. The number of thioether (sulfide) groups is 1. The van der Waals surface area contributed by atoms with E-state index in [1.807, 2.05) is 48.7 Å². The van der Waals surface area contributed by atoms with Crippen molar-refractivity contribution in [2.75, 3.05) is 0 Å². The van der Waals surface area contributed by atoms with E-state index in [0.717, 1.165) is 11.3 Å².